The van der Waals surface area contributed by atoms with Crippen molar-refractivity contribution in [3.63, 3.8) is 0 Å². The number of benzene rings is 2. The molecule has 0 unspecified atom stereocenters. The van der Waals surface area contributed by atoms with Crippen LogP contribution in [0.1, 0.15) is 39.1 Å². The highest BCUT2D eigenvalue weighted by Gasteiger charge is 2.20. The predicted molar refractivity (Wildman–Crippen MR) is 128 cm³/mol. The number of nitrogens with zero attached hydrogens (tertiary/aromatic N) is 2. The van der Waals surface area contributed by atoms with Gasteiger partial charge in [0.05, 0.1) is 5.56 Å². The Morgan fingerprint density at radius 1 is 1.03 bits per heavy atom. The number of ether oxygens (including phenoxy) is 2. The molecule has 0 aliphatic carbocycles. The number of rotatable bonds is 8. The van der Waals surface area contributed by atoms with E-state index in [1.54, 1.807) is 18.2 Å². The number of aromatic nitrogens is 1. The van der Waals surface area contributed by atoms with Crippen molar-refractivity contribution in [1.82, 2.24) is 9.88 Å². The second-order valence-corrected chi connectivity index (χ2v) is 8.28. The largest absolute Gasteiger partial charge is 0.490 e. The highest BCUT2D eigenvalue weighted by Crippen LogP contribution is 2.27. The first-order valence-electron chi connectivity index (χ1n) is 11.1. The smallest absolute Gasteiger partial charge is 0.337 e. The number of nitrogens with one attached hydrogen (secondary N) is 1. The van der Waals surface area contributed by atoms with Crippen LogP contribution < -0.4 is 14.8 Å². The van der Waals surface area contributed by atoms with Gasteiger partial charge in [-0.15, -0.1) is 0 Å². The van der Waals surface area contributed by atoms with Gasteiger partial charge in [-0.1, -0.05) is 30.3 Å². The fourth-order valence-electron chi connectivity index (χ4n) is 3.67. The zero-order chi connectivity index (χ0) is 23.9. The molecule has 4 rings (SSSR count). The topological polar surface area (TPSA) is 101 Å². The second-order valence-electron chi connectivity index (χ2n) is 8.28. The van der Waals surface area contributed by atoms with Gasteiger partial charge in [0.1, 0.15) is 30.0 Å². The minimum Gasteiger partial charge on any atom is -0.490 e. The number of carboxylic acid groups (broad SMARTS) is 1. The zero-order valence-corrected chi connectivity index (χ0v) is 18.9. The molecular weight excluding hydrogens is 434 g/mol. The Labute approximate surface area is 198 Å². The van der Waals surface area contributed by atoms with Crippen LogP contribution in [0.4, 0.5) is 5.82 Å². The Balaban J connectivity index is 1.52. The van der Waals surface area contributed by atoms with E-state index in [-0.39, 0.29) is 17.5 Å². The molecule has 1 aliphatic rings. The number of aromatic carboxylic acids is 1. The van der Waals surface area contributed by atoms with Gasteiger partial charge in [0.25, 0.3) is 5.91 Å². The second kappa shape index (κ2) is 10.8. The maximum absolute atomic E-state index is 13.0. The highest BCUT2D eigenvalue weighted by molar-refractivity contribution is 6.04. The molecule has 176 valence electrons. The number of pyridine rings is 1. The van der Waals surface area contributed by atoms with E-state index in [1.165, 1.54) is 18.3 Å². The van der Waals surface area contributed by atoms with E-state index >= 15 is 0 Å². The number of likely N-dealkylation sites (tertiary alicyclic amines) is 1. The van der Waals surface area contributed by atoms with Crippen LogP contribution in [-0.2, 0) is 6.61 Å². The summed E-state index contributed by atoms with van der Waals surface area (Å²) in [5.74, 6) is -0.130. The van der Waals surface area contributed by atoms with Gasteiger partial charge >= 0.3 is 5.97 Å². The molecule has 1 aliphatic heterocycles. The number of piperidine rings is 1. The Morgan fingerprint density at radius 2 is 1.76 bits per heavy atom. The average molecular weight is 462 g/mol. The average Bonchev–Trinajstić information content (AvgIpc) is 2.85. The number of hydrogen-bond acceptors (Lipinski definition) is 6. The van der Waals surface area contributed by atoms with Crippen LogP contribution in [0.15, 0.2) is 66.9 Å². The lowest BCUT2D eigenvalue weighted by Gasteiger charge is -2.29. The van der Waals surface area contributed by atoms with E-state index in [1.807, 2.05) is 30.3 Å². The van der Waals surface area contributed by atoms with Crippen molar-refractivity contribution in [1.29, 1.82) is 0 Å². The summed E-state index contributed by atoms with van der Waals surface area (Å²) in [5, 5.41) is 11.7. The number of carbonyl (C=O) groups excluding carboxylic acids is 1. The minimum absolute atomic E-state index is 0.0446. The van der Waals surface area contributed by atoms with Crippen LogP contribution in [0.5, 0.6) is 11.5 Å². The standard InChI is InChI=1S/C26H27N3O5/c1-29-11-9-21(10-12-29)34-23-14-20(13-22(15-23)33-17-18-5-3-2-4-6-18)25(30)28-24-8-7-19(16-27-24)26(31)32/h2-8,13-16,21H,9-12,17H2,1H3,(H,31,32)(H,27,28,30). The molecule has 2 N–H and O–H groups in total. The van der Waals surface area contributed by atoms with E-state index < -0.39 is 11.9 Å². The fraction of sp³-hybridized carbons (Fsp3) is 0.269. The molecular formula is C26H27N3O5. The van der Waals surface area contributed by atoms with Crippen LogP contribution in [0.2, 0.25) is 0 Å². The van der Waals surface area contributed by atoms with Gasteiger partial charge in [0.2, 0.25) is 0 Å². The first-order valence-corrected chi connectivity index (χ1v) is 11.1. The first kappa shape index (κ1) is 23.3. The number of hydrogen-bond donors (Lipinski definition) is 2. The molecule has 0 spiro atoms. The first-order chi connectivity index (χ1) is 16.5. The molecule has 1 aromatic heterocycles. The molecule has 1 fully saturated rings. The molecule has 1 saturated heterocycles. The van der Waals surface area contributed by atoms with Gasteiger partial charge in [-0.05, 0) is 49.7 Å². The molecule has 3 aromatic rings. The van der Waals surface area contributed by atoms with Crippen LogP contribution in [-0.4, -0.2) is 53.1 Å². The molecule has 8 nitrogen and oxygen atoms in total. The van der Waals surface area contributed by atoms with Gasteiger partial charge in [-0.25, -0.2) is 9.78 Å². The summed E-state index contributed by atoms with van der Waals surface area (Å²) in [6, 6.07) is 17.8. The Hall–Kier alpha value is -3.91. The fourth-order valence-corrected chi connectivity index (χ4v) is 3.67. The molecule has 2 aromatic carbocycles. The van der Waals surface area contributed by atoms with Crippen LogP contribution in [0.25, 0.3) is 0 Å². The van der Waals surface area contributed by atoms with Crippen molar-refractivity contribution in [2.45, 2.75) is 25.6 Å². The predicted octanol–water partition coefficient (Wildman–Crippen LogP) is 4.08. The molecule has 0 saturated carbocycles. The lowest BCUT2D eigenvalue weighted by Crippen LogP contribution is -2.35. The molecule has 34 heavy (non-hydrogen) atoms. The Bertz CT molecular complexity index is 1130. The summed E-state index contributed by atoms with van der Waals surface area (Å²) in [4.78, 5) is 30.3. The molecule has 0 radical (unpaired) electrons. The van der Waals surface area contributed by atoms with E-state index in [9.17, 15) is 9.59 Å². The van der Waals surface area contributed by atoms with E-state index in [4.69, 9.17) is 14.6 Å². The number of carbonyl (C=O) groups is 2. The summed E-state index contributed by atoms with van der Waals surface area (Å²) < 4.78 is 12.2. The van der Waals surface area contributed by atoms with Crippen molar-refractivity contribution in [2.24, 2.45) is 0 Å². The minimum atomic E-state index is -1.08. The maximum Gasteiger partial charge on any atom is 0.337 e. The molecule has 1 amide bonds. The zero-order valence-electron chi connectivity index (χ0n) is 18.9. The van der Waals surface area contributed by atoms with E-state index in [0.29, 0.717) is 23.7 Å². The Morgan fingerprint density at radius 3 is 2.44 bits per heavy atom. The van der Waals surface area contributed by atoms with Gasteiger partial charge in [-0.3, -0.25) is 4.79 Å². The lowest BCUT2D eigenvalue weighted by molar-refractivity contribution is 0.0696. The lowest BCUT2D eigenvalue weighted by atomic mass is 10.1. The monoisotopic (exact) mass is 461 g/mol. The van der Waals surface area contributed by atoms with Gasteiger partial charge in [0, 0.05) is 30.9 Å². The third kappa shape index (κ3) is 6.32. The summed E-state index contributed by atoms with van der Waals surface area (Å²) >= 11 is 0. The van der Waals surface area contributed by atoms with Gasteiger partial charge in [0.15, 0.2) is 0 Å². The van der Waals surface area contributed by atoms with Crippen molar-refractivity contribution >= 4 is 17.7 Å². The normalized spacial score (nSPS) is 14.4. The van der Waals surface area contributed by atoms with Crippen molar-refractivity contribution < 1.29 is 24.2 Å². The third-order valence-corrected chi connectivity index (χ3v) is 5.61. The van der Waals surface area contributed by atoms with Crippen LogP contribution >= 0.6 is 0 Å². The summed E-state index contributed by atoms with van der Waals surface area (Å²) in [7, 11) is 2.09. The van der Waals surface area contributed by atoms with Crippen molar-refractivity contribution in [3.8, 4) is 11.5 Å². The van der Waals surface area contributed by atoms with Crippen molar-refractivity contribution in [2.75, 3.05) is 25.5 Å². The molecule has 0 atom stereocenters. The molecule has 2 heterocycles. The Kier molecular flexibility index (Phi) is 7.39. The number of amides is 1. The maximum atomic E-state index is 13.0. The van der Waals surface area contributed by atoms with Crippen LogP contribution in [0, 0.1) is 0 Å². The SMILES string of the molecule is CN1CCC(Oc2cc(OCc3ccccc3)cc(C(=O)Nc3ccc(C(=O)O)cn3)c2)CC1. The summed E-state index contributed by atoms with van der Waals surface area (Å²) in [6.45, 7) is 2.28. The third-order valence-electron chi connectivity index (χ3n) is 5.61. The number of carboxylic acids is 1. The van der Waals surface area contributed by atoms with Crippen molar-refractivity contribution in [3.05, 3.63) is 83.6 Å². The quantitative estimate of drug-likeness (QED) is 0.521. The van der Waals surface area contributed by atoms with Gasteiger partial charge in [-0.2, -0.15) is 0 Å². The van der Waals surface area contributed by atoms with Gasteiger partial charge < -0.3 is 24.8 Å². The highest BCUT2D eigenvalue weighted by atomic mass is 16.5. The molecule has 8 heteroatoms. The summed E-state index contributed by atoms with van der Waals surface area (Å²) in [5.41, 5.74) is 1.42. The van der Waals surface area contributed by atoms with E-state index in [0.717, 1.165) is 31.5 Å². The molecule has 0 bridgehead atoms. The van der Waals surface area contributed by atoms with Crippen LogP contribution in [0.3, 0.4) is 0 Å². The number of anilines is 1. The summed E-state index contributed by atoms with van der Waals surface area (Å²) in [6.07, 6.45) is 3.09. The van der Waals surface area contributed by atoms with E-state index in [2.05, 4.69) is 22.2 Å².